The van der Waals surface area contributed by atoms with Gasteiger partial charge in [-0.1, -0.05) is 32.1 Å². The van der Waals surface area contributed by atoms with Crippen LogP contribution in [0.2, 0.25) is 0 Å². The topological polar surface area (TPSA) is 29.1 Å². The van der Waals surface area contributed by atoms with E-state index in [0.717, 1.165) is 43.9 Å². The number of halogens is 2. The predicted octanol–water partition coefficient (Wildman–Crippen LogP) is 3.81. The quantitative estimate of drug-likeness (QED) is 0.867. The maximum atomic E-state index is 13.1. The molecule has 1 aliphatic carbocycles. The molecule has 1 aliphatic rings. The maximum absolute atomic E-state index is 13.1. The number of amides is 1. The molecule has 2 rings (SSSR count). The first-order chi connectivity index (χ1) is 9.15. The molecule has 1 N–H and O–H groups in total. The van der Waals surface area contributed by atoms with Crippen molar-refractivity contribution < 1.29 is 13.6 Å². The molecule has 19 heavy (non-hydrogen) atoms. The van der Waals surface area contributed by atoms with Crippen LogP contribution in [0.3, 0.4) is 0 Å². The van der Waals surface area contributed by atoms with Gasteiger partial charge in [-0.3, -0.25) is 4.79 Å². The fourth-order valence-electron chi connectivity index (χ4n) is 2.55. The van der Waals surface area contributed by atoms with E-state index in [2.05, 4.69) is 5.32 Å². The van der Waals surface area contributed by atoms with Gasteiger partial charge in [0.1, 0.15) is 11.6 Å². The molecule has 1 aromatic rings. The van der Waals surface area contributed by atoms with Gasteiger partial charge in [-0.2, -0.15) is 0 Å². The van der Waals surface area contributed by atoms with Crippen LogP contribution in [0.5, 0.6) is 0 Å². The standard InChI is InChI=1S/C15H19F2NO/c16-12-8-11(9-13(17)10-12)15(19)18-14-6-4-2-1-3-5-7-14/h8-10,14H,1-7H2,(H,18,19). The van der Waals surface area contributed by atoms with Crippen LogP contribution in [-0.2, 0) is 0 Å². The Hall–Kier alpha value is -1.45. The normalized spacial score (nSPS) is 17.6. The zero-order valence-corrected chi connectivity index (χ0v) is 10.9. The van der Waals surface area contributed by atoms with Gasteiger partial charge in [0.25, 0.3) is 5.91 Å². The van der Waals surface area contributed by atoms with E-state index in [0.29, 0.717) is 0 Å². The third kappa shape index (κ3) is 4.30. The van der Waals surface area contributed by atoms with Gasteiger partial charge in [-0.05, 0) is 25.0 Å². The molecular weight excluding hydrogens is 248 g/mol. The van der Waals surface area contributed by atoms with Crippen LogP contribution in [0.15, 0.2) is 18.2 Å². The van der Waals surface area contributed by atoms with Gasteiger partial charge in [0.05, 0.1) is 0 Å². The molecule has 4 heteroatoms. The number of nitrogens with one attached hydrogen (secondary N) is 1. The van der Waals surface area contributed by atoms with Crippen molar-refractivity contribution in [2.24, 2.45) is 0 Å². The van der Waals surface area contributed by atoms with Gasteiger partial charge in [0, 0.05) is 17.7 Å². The average Bonchev–Trinajstić information content (AvgIpc) is 2.31. The van der Waals surface area contributed by atoms with E-state index in [-0.39, 0.29) is 17.5 Å². The van der Waals surface area contributed by atoms with Gasteiger partial charge in [-0.15, -0.1) is 0 Å². The molecule has 1 amide bonds. The molecule has 0 spiro atoms. The Bertz CT molecular complexity index is 420. The van der Waals surface area contributed by atoms with E-state index in [4.69, 9.17) is 0 Å². The fourth-order valence-corrected chi connectivity index (χ4v) is 2.55. The van der Waals surface area contributed by atoms with Gasteiger partial charge in [-0.25, -0.2) is 8.78 Å². The summed E-state index contributed by atoms with van der Waals surface area (Å²) in [4.78, 5) is 12.0. The minimum Gasteiger partial charge on any atom is -0.349 e. The minimum absolute atomic E-state index is 0.0551. The Balaban J connectivity index is 1.98. The number of benzene rings is 1. The predicted molar refractivity (Wildman–Crippen MR) is 69.9 cm³/mol. The van der Waals surface area contributed by atoms with Crippen LogP contribution in [0.25, 0.3) is 0 Å². The van der Waals surface area contributed by atoms with Crippen molar-refractivity contribution in [3.05, 3.63) is 35.4 Å². The largest absolute Gasteiger partial charge is 0.349 e. The molecule has 0 bridgehead atoms. The molecule has 0 radical (unpaired) electrons. The van der Waals surface area contributed by atoms with Crippen molar-refractivity contribution in [2.45, 2.75) is 51.0 Å². The number of hydrogen-bond acceptors (Lipinski definition) is 1. The molecule has 0 saturated heterocycles. The summed E-state index contributed by atoms with van der Waals surface area (Å²) in [6, 6.07) is 3.04. The van der Waals surface area contributed by atoms with Crippen LogP contribution < -0.4 is 5.32 Å². The lowest BCUT2D eigenvalue weighted by Gasteiger charge is -2.21. The Morgan fingerprint density at radius 1 is 0.947 bits per heavy atom. The molecule has 104 valence electrons. The van der Waals surface area contributed by atoms with Crippen molar-refractivity contribution in [1.29, 1.82) is 0 Å². The van der Waals surface area contributed by atoms with Crippen molar-refractivity contribution >= 4 is 5.91 Å². The van der Waals surface area contributed by atoms with E-state index in [1.54, 1.807) is 0 Å². The first-order valence-electron chi connectivity index (χ1n) is 6.92. The molecule has 0 atom stereocenters. The molecular formula is C15H19F2NO. The molecule has 1 fully saturated rings. The van der Waals surface area contributed by atoms with E-state index in [1.165, 1.54) is 19.3 Å². The molecule has 2 nitrogen and oxygen atoms in total. The summed E-state index contributed by atoms with van der Waals surface area (Å²) in [5, 5.41) is 2.89. The van der Waals surface area contributed by atoms with Crippen LogP contribution in [0.1, 0.15) is 55.3 Å². The van der Waals surface area contributed by atoms with Gasteiger partial charge in [0.2, 0.25) is 0 Å². The Labute approximate surface area is 112 Å². The van der Waals surface area contributed by atoms with E-state index >= 15 is 0 Å². The number of rotatable bonds is 2. The van der Waals surface area contributed by atoms with Crippen molar-refractivity contribution in [1.82, 2.24) is 5.32 Å². The number of carbonyl (C=O) groups excluding carboxylic acids is 1. The molecule has 1 saturated carbocycles. The molecule has 0 aromatic heterocycles. The highest BCUT2D eigenvalue weighted by molar-refractivity contribution is 5.94. The summed E-state index contributed by atoms with van der Waals surface area (Å²) in [6.07, 6.45) is 7.75. The summed E-state index contributed by atoms with van der Waals surface area (Å²) in [7, 11) is 0. The third-order valence-corrected chi connectivity index (χ3v) is 3.57. The smallest absolute Gasteiger partial charge is 0.251 e. The van der Waals surface area contributed by atoms with Crippen molar-refractivity contribution in [3.63, 3.8) is 0 Å². The second-order valence-electron chi connectivity index (χ2n) is 5.17. The van der Waals surface area contributed by atoms with E-state index in [9.17, 15) is 13.6 Å². The summed E-state index contributed by atoms with van der Waals surface area (Å²) in [5.74, 6) is -1.82. The first-order valence-corrected chi connectivity index (χ1v) is 6.92. The van der Waals surface area contributed by atoms with Gasteiger partial charge < -0.3 is 5.32 Å². The molecule has 0 heterocycles. The highest BCUT2D eigenvalue weighted by Crippen LogP contribution is 2.17. The van der Waals surface area contributed by atoms with Crippen LogP contribution in [-0.4, -0.2) is 11.9 Å². The number of carbonyl (C=O) groups is 1. The second-order valence-corrected chi connectivity index (χ2v) is 5.17. The lowest BCUT2D eigenvalue weighted by Crippen LogP contribution is -2.35. The maximum Gasteiger partial charge on any atom is 0.251 e. The zero-order valence-electron chi connectivity index (χ0n) is 10.9. The van der Waals surface area contributed by atoms with Crippen molar-refractivity contribution in [3.8, 4) is 0 Å². The second kappa shape index (κ2) is 6.64. The highest BCUT2D eigenvalue weighted by Gasteiger charge is 2.16. The molecule has 0 unspecified atom stereocenters. The van der Waals surface area contributed by atoms with Crippen molar-refractivity contribution in [2.75, 3.05) is 0 Å². The highest BCUT2D eigenvalue weighted by atomic mass is 19.1. The van der Waals surface area contributed by atoms with Crippen LogP contribution in [0.4, 0.5) is 8.78 Å². The zero-order chi connectivity index (χ0) is 13.7. The Morgan fingerprint density at radius 2 is 1.47 bits per heavy atom. The SMILES string of the molecule is O=C(NC1CCCCCCC1)c1cc(F)cc(F)c1. The molecule has 0 aliphatic heterocycles. The van der Waals surface area contributed by atoms with E-state index < -0.39 is 11.6 Å². The average molecular weight is 267 g/mol. The molecule has 1 aromatic carbocycles. The van der Waals surface area contributed by atoms with E-state index in [1.807, 2.05) is 0 Å². The van der Waals surface area contributed by atoms with Gasteiger partial charge >= 0.3 is 0 Å². The lowest BCUT2D eigenvalue weighted by molar-refractivity contribution is 0.0929. The first kappa shape index (κ1) is 14.0. The third-order valence-electron chi connectivity index (χ3n) is 3.57. The van der Waals surface area contributed by atoms with Crippen LogP contribution >= 0.6 is 0 Å². The van der Waals surface area contributed by atoms with Crippen LogP contribution in [0, 0.1) is 11.6 Å². The Morgan fingerprint density at radius 3 is 2.05 bits per heavy atom. The summed E-state index contributed by atoms with van der Waals surface area (Å²) in [5.41, 5.74) is 0.0551. The number of hydrogen-bond donors (Lipinski definition) is 1. The minimum atomic E-state index is -0.720. The fraction of sp³-hybridized carbons (Fsp3) is 0.533. The lowest BCUT2D eigenvalue weighted by atomic mass is 9.96. The Kier molecular flexibility index (Phi) is 4.88. The summed E-state index contributed by atoms with van der Waals surface area (Å²) >= 11 is 0. The monoisotopic (exact) mass is 267 g/mol. The van der Waals surface area contributed by atoms with Gasteiger partial charge in [0.15, 0.2) is 0 Å². The summed E-state index contributed by atoms with van der Waals surface area (Å²) in [6.45, 7) is 0. The summed E-state index contributed by atoms with van der Waals surface area (Å²) < 4.78 is 26.1.